The zero-order valence-electron chi connectivity index (χ0n) is 12.7. The van der Waals surface area contributed by atoms with Crippen molar-refractivity contribution in [2.45, 2.75) is 50.6 Å². The molecule has 0 radical (unpaired) electrons. The first-order valence-corrected chi connectivity index (χ1v) is 8.05. The second-order valence-electron chi connectivity index (χ2n) is 6.10. The summed E-state index contributed by atoms with van der Waals surface area (Å²) in [6.07, 6.45) is 6.97. The zero-order valence-corrected chi connectivity index (χ0v) is 12.7. The average molecular weight is 280 g/mol. The van der Waals surface area contributed by atoms with Crippen LogP contribution in [0.25, 0.3) is 0 Å². The van der Waals surface area contributed by atoms with Crippen molar-refractivity contribution in [3.8, 4) is 0 Å². The summed E-state index contributed by atoms with van der Waals surface area (Å²) in [5.74, 6) is 0.745. The highest BCUT2D eigenvalue weighted by atomic mass is 15.0. The lowest BCUT2D eigenvalue weighted by molar-refractivity contribution is 0.320. The van der Waals surface area contributed by atoms with Gasteiger partial charge in [-0.05, 0) is 56.2 Å². The van der Waals surface area contributed by atoms with E-state index in [1.807, 2.05) is 12.3 Å². The van der Waals surface area contributed by atoms with Crippen LogP contribution in [0.3, 0.4) is 0 Å². The molecule has 2 aromatic rings. The number of nitrogens with zero attached hydrogens (tertiary/aromatic N) is 1. The molecular formula is C19H24N2. The largest absolute Gasteiger partial charge is 0.306 e. The molecule has 1 fully saturated rings. The highest BCUT2D eigenvalue weighted by Crippen LogP contribution is 2.33. The molecule has 0 amide bonds. The molecule has 2 nitrogen and oxygen atoms in total. The topological polar surface area (TPSA) is 24.9 Å². The van der Waals surface area contributed by atoms with Gasteiger partial charge in [-0.3, -0.25) is 4.98 Å². The van der Waals surface area contributed by atoms with Crippen molar-refractivity contribution < 1.29 is 0 Å². The fraction of sp³-hybridized carbons (Fsp3) is 0.421. The third-order valence-electron chi connectivity index (χ3n) is 4.62. The van der Waals surface area contributed by atoms with Gasteiger partial charge >= 0.3 is 0 Å². The second-order valence-corrected chi connectivity index (χ2v) is 6.10. The molecule has 0 bridgehead atoms. The van der Waals surface area contributed by atoms with Crippen LogP contribution in [0.5, 0.6) is 0 Å². The maximum Gasteiger partial charge on any atom is 0.0570 e. The Balaban J connectivity index is 1.52. The molecule has 1 saturated carbocycles. The van der Waals surface area contributed by atoms with Crippen LogP contribution in [0, 0.1) is 0 Å². The van der Waals surface area contributed by atoms with E-state index < -0.39 is 0 Å². The lowest BCUT2D eigenvalue weighted by Gasteiger charge is -2.31. The van der Waals surface area contributed by atoms with E-state index in [0.717, 1.165) is 11.6 Å². The minimum Gasteiger partial charge on any atom is -0.306 e. The monoisotopic (exact) mass is 280 g/mol. The molecule has 0 spiro atoms. The van der Waals surface area contributed by atoms with Crippen molar-refractivity contribution in [2.24, 2.45) is 0 Å². The predicted octanol–water partition coefficient (Wildman–Crippen LogP) is 4.46. The summed E-state index contributed by atoms with van der Waals surface area (Å²) in [5, 5.41) is 3.74. The standard InChI is InChI=1S/C19H24N2/c1-15(19-9-5-6-14-20-19)21-18-12-10-17(11-13-18)16-7-3-2-4-8-16/h2-9,14-15,17-18,21H,10-13H2,1H3/t15-,17?,18?/m1/s1. The van der Waals surface area contributed by atoms with Crippen molar-refractivity contribution in [3.05, 3.63) is 66.0 Å². The molecule has 0 aliphatic heterocycles. The van der Waals surface area contributed by atoms with Gasteiger partial charge in [0.05, 0.1) is 5.69 Å². The van der Waals surface area contributed by atoms with Crippen molar-refractivity contribution in [2.75, 3.05) is 0 Å². The molecule has 2 heteroatoms. The van der Waals surface area contributed by atoms with E-state index in [9.17, 15) is 0 Å². The Bertz CT molecular complexity index is 530. The Labute approximate surface area is 127 Å². The lowest BCUT2D eigenvalue weighted by atomic mass is 9.81. The molecular weight excluding hydrogens is 256 g/mol. The van der Waals surface area contributed by atoms with E-state index in [0.29, 0.717) is 12.1 Å². The Hall–Kier alpha value is -1.67. The third-order valence-corrected chi connectivity index (χ3v) is 4.62. The fourth-order valence-electron chi connectivity index (χ4n) is 3.39. The van der Waals surface area contributed by atoms with Crippen molar-refractivity contribution in [1.29, 1.82) is 0 Å². The van der Waals surface area contributed by atoms with Gasteiger partial charge in [-0.15, -0.1) is 0 Å². The van der Waals surface area contributed by atoms with Gasteiger partial charge in [0.1, 0.15) is 0 Å². The van der Waals surface area contributed by atoms with Crippen LogP contribution in [0.4, 0.5) is 0 Å². The number of benzene rings is 1. The van der Waals surface area contributed by atoms with Crippen LogP contribution in [-0.4, -0.2) is 11.0 Å². The van der Waals surface area contributed by atoms with E-state index in [-0.39, 0.29) is 0 Å². The van der Waals surface area contributed by atoms with E-state index in [1.54, 1.807) is 0 Å². The lowest BCUT2D eigenvalue weighted by Crippen LogP contribution is -2.34. The molecule has 21 heavy (non-hydrogen) atoms. The number of hydrogen-bond acceptors (Lipinski definition) is 2. The second kappa shape index (κ2) is 6.86. The quantitative estimate of drug-likeness (QED) is 0.894. The number of rotatable bonds is 4. The maximum atomic E-state index is 4.44. The number of nitrogens with one attached hydrogen (secondary N) is 1. The predicted molar refractivity (Wildman–Crippen MR) is 87.2 cm³/mol. The minimum absolute atomic E-state index is 0.337. The molecule has 1 heterocycles. The van der Waals surface area contributed by atoms with Crippen LogP contribution in [0.1, 0.15) is 55.8 Å². The van der Waals surface area contributed by atoms with Crippen LogP contribution < -0.4 is 5.32 Å². The van der Waals surface area contributed by atoms with Gasteiger partial charge in [0.2, 0.25) is 0 Å². The van der Waals surface area contributed by atoms with Gasteiger partial charge in [-0.25, -0.2) is 0 Å². The van der Waals surface area contributed by atoms with Crippen LogP contribution >= 0.6 is 0 Å². The molecule has 1 aliphatic carbocycles. The molecule has 1 aromatic carbocycles. The summed E-state index contributed by atoms with van der Waals surface area (Å²) < 4.78 is 0. The van der Waals surface area contributed by atoms with Gasteiger partial charge in [0.25, 0.3) is 0 Å². The van der Waals surface area contributed by atoms with Crippen LogP contribution in [0.15, 0.2) is 54.7 Å². The Kier molecular flexibility index (Phi) is 4.66. The Morgan fingerprint density at radius 2 is 1.67 bits per heavy atom. The van der Waals surface area contributed by atoms with Gasteiger partial charge in [-0.1, -0.05) is 36.4 Å². The zero-order chi connectivity index (χ0) is 14.5. The minimum atomic E-state index is 0.337. The summed E-state index contributed by atoms with van der Waals surface area (Å²) in [5.41, 5.74) is 2.65. The van der Waals surface area contributed by atoms with Gasteiger partial charge in [-0.2, -0.15) is 0 Å². The normalized spacial score (nSPS) is 23.7. The summed E-state index contributed by atoms with van der Waals surface area (Å²) in [7, 11) is 0. The molecule has 1 aromatic heterocycles. The molecule has 110 valence electrons. The molecule has 0 saturated heterocycles. The molecule has 3 rings (SSSR count). The van der Waals surface area contributed by atoms with Gasteiger partial charge in [0, 0.05) is 18.3 Å². The summed E-state index contributed by atoms with van der Waals surface area (Å²) in [6, 6.07) is 18.1. The molecule has 0 unspecified atom stereocenters. The van der Waals surface area contributed by atoms with E-state index >= 15 is 0 Å². The van der Waals surface area contributed by atoms with Crippen LogP contribution in [-0.2, 0) is 0 Å². The van der Waals surface area contributed by atoms with Crippen LogP contribution in [0.2, 0.25) is 0 Å². The molecule has 1 N–H and O–H groups in total. The maximum absolute atomic E-state index is 4.44. The first-order chi connectivity index (χ1) is 10.3. The summed E-state index contributed by atoms with van der Waals surface area (Å²) >= 11 is 0. The number of aromatic nitrogens is 1. The number of pyridine rings is 1. The van der Waals surface area contributed by atoms with Crippen molar-refractivity contribution >= 4 is 0 Å². The SMILES string of the molecule is C[C@@H](NC1CCC(c2ccccc2)CC1)c1ccccn1. The Morgan fingerprint density at radius 3 is 2.33 bits per heavy atom. The first kappa shape index (κ1) is 14.3. The summed E-state index contributed by atoms with van der Waals surface area (Å²) in [6.45, 7) is 2.21. The summed E-state index contributed by atoms with van der Waals surface area (Å²) in [4.78, 5) is 4.44. The van der Waals surface area contributed by atoms with Crippen molar-refractivity contribution in [1.82, 2.24) is 10.3 Å². The Morgan fingerprint density at radius 1 is 0.952 bits per heavy atom. The molecule has 1 aliphatic rings. The van der Waals surface area contributed by atoms with Gasteiger partial charge in [0.15, 0.2) is 0 Å². The van der Waals surface area contributed by atoms with Crippen molar-refractivity contribution in [3.63, 3.8) is 0 Å². The van der Waals surface area contributed by atoms with E-state index in [2.05, 4.69) is 59.7 Å². The van der Waals surface area contributed by atoms with E-state index in [1.165, 1.54) is 31.2 Å². The highest BCUT2D eigenvalue weighted by molar-refractivity contribution is 5.20. The first-order valence-electron chi connectivity index (χ1n) is 8.05. The van der Waals surface area contributed by atoms with E-state index in [4.69, 9.17) is 0 Å². The molecule has 1 atom stereocenters. The smallest absolute Gasteiger partial charge is 0.0570 e. The van der Waals surface area contributed by atoms with Gasteiger partial charge < -0.3 is 5.32 Å². The average Bonchev–Trinajstić information content (AvgIpc) is 2.57. The number of hydrogen-bond donors (Lipinski definition) is 1. The highest BCUT2D eigenvalue weighted by Gasteiger charge is 2.23. The fourth-order valence-corrected chi connectivity index (χ4v) is 3.39. The third kappa shape index (κ3) is 3.70.